The van der Waals surface area contributed by atoms with Gasteiger partial charge in [-0.15, -0.1) is 0 Å². The van der Waals surface area contributed by atoms with Crippen molar-refractivity contribution >= 4 is 21.9 Å². The van der Waals surface area contributed by atoms with Gasteiger partial charge in [-0.05, 0) is 19.1 Å². The van der Waals surface area contributed by atoms with Crippen LogP contribution in [0.2, 0.25) is 0 Å². The van der Waals surface area contributed by atoms with Gasteiger partial charge in [0.1, 0.15) is 5.75 Å². The summed E-state index contributed by atoms with van der Waals surface area (Å²) < 4.78 is 34.1. The Balaban J connectivity index is 3.13. The van der Waals surface area contributed by atoms with Crippen LogP contribution in [0.4, 0.5) is 8.78 Å². The van der Waals surface area contributed by atoms with E-state index in [2.05, 4.69) is 20.7 Å². The number of hydrogen-bond donors (Lipinski definition) is 0. The lowest BCUT2D eigenvalue weighted by Crippen LogP contribution is -2.11. The lowest BCUT2D eigenvalue weighted by molar-refractivity contribution is -0.142. The fraction of sp³-hybridized carbons (Fsp3) is 0.333. The van der Waals surface area contributed by atoms with Crippen LogP contribution in [-0.4, -0.2) is 19.2 Å². The molecule has 0 aromatic heterocycles. The van der Waals surface area contributed by atoms with E-state index in [0.29, 0.717) is 4.47 Å². The lowest BCUT2D eigenvalue weighted by Gasteiger charge is -2.12. The second-order valence-corrected chi connectivity index (χ2v) is 4.26. The number of carbonyl (C=O) groups is 1. The Morgan fingerprint density at radius 3 is 2.74 bits per heavy atom. The van der Waals surface area contributed by atoms with E-state index in [1.165, 1.54) is 6.07 Å². The van der Waals surface area contributed by atoms with Crippen molar-refractivity contribution in [3.63, 3.8) is 0 Å². The second-order valence-electron chi connectivity index (χ2n) is 3.41. The van der Waals surface area contributed by atoms with E-state index in [4.69, 9.17) is 10.00 Å². The van der Waals surface area contributed by atoms with Gasteiger partial charge in [0.25, 0.3) is 0 Å². The van der Waals surface area contributed by atoms with Crippen molar-refractivity contribution in [2.24, 2.45) is 0 Å². The fourth-order valence-corrected chi connectivity index (χ4v) is 1.99. The van der Waals surface area contributed by atoms with Crippen LogP contribution in [0.25, 0.3) is 0 Å². The van der Waals surface area contributed by atoms with E-state index < -0.39 is 12.6 Å². The van der Waals surface area contributed by atoms with Crippen LogP contribution in [0.15, 0.2) is 16.6 Å². The molecular formula is C12H10BrF2NO3. The van der Waals surface area contributed by atoms with E-state index in [9.17, 15) is 13.6 Å². The number of rotatable bonds is 5. The minimum atomic E-state index is -3.04. The third kappa shape index (κ3) is 4.48. The van der Waals surface area contributed by atoms with Crippen molar-refractivity contribution < 1.29 is 23.0 Å². The van der Waals surface area contributed by atoms with Crippen molar-refractivity contribution in [3.05, 3.63) is 27.7 Å². The molecule has 19 heavy (non-hydrogen) atoms. The van der Waals surface area contributed by atoms with Gasteiger partial charge >= 0.3 is 12.6 Å². The number of nitriles is 1. The molecule has 0 fully saturated rings. The Labute approximate surface area is 117 Å². The number of carbonyl (C=O) groups excluding carboxylic acids is 1. The summed E-state index contributed by atoms with van der Waals surface area (Å²) in [4.78, 5) is 11.4. The largest absolute Gasteiger partial charge is 0.466 e. The van der Waals surface area contributed by atoms with Gasteiger partial charge in [0.05, 0.1) is 24.7 Å². The van der Waals surface area contributed by atoms with Crippen LogP contribution in [-0.2, 0) is 16.0 Å². The molecule has 0 heterocycles. The van der Waals surface area contributed by atoms with E-state index in [1.54, 1.807) is 6.92 Å². The van der Waals surface area contributed by atoms with Gasteiger partial charge in [-0.2, -0.15) is 14.0 Å². The molecule has 0 saturated heterocycles. The van der Waals surface area contributed by atoms with Gasteiger partial charge in [0.2, 0.25) is 0 Å². The van der Waals surface area contributed by atoms with Crippen molar-refractivity contribution in [3.8, 4) is 11.8 Å². The third-order valence-electron chi connectivity index (χ3n) is 2.13. The minimum absolute atomic E-state index is 0.148. The maximum atomic E-state index is 12.3. The lowest BCUT2D eigenvalue weighted by atomic mass is 10.1. The van der Waals surface area contributed by atoms with Crippen LogP contribution in [0.5, 0.6) is 5.75 Å². The molecule has 0 atom stereocenters. The molecule has 0 bridgehead atoms. The molecule has 0 radical (unpaired) electrons. The standard InChI is InChI=1S/C12H10BrF2NO3/c1-2-18-11(17)5-8-9(13)3-7(6-16)4-10(8)19-12(14)15/h3-4,12H,2,5H2,1H3. The molecule has 0 unspecified atom stereocenters. The molecule has 0 aliphatic heterocycles. The molecule has 1 rings (SSSR count). The summed E-state index contributed by atoms with van der Waals surface area (Å²) in [6.07, 6.45) is -0.220. The first-order chi connectivity index (χ1) is 8.97. The number of esters is 1. The van der Waals surface area contributed by atoms with Gasteiger partial charge in [-0.1, -0.05) is 15.9 Å². The molecule has 102 valence electrons. The molecule has 0 aliphatic rings. The number of hydrogen-bond acceptors (Lipinski definition) is 4. The predicted octanol–water partition coefficient (Wildman–Crippen LogP) is 3.03. The number of ether oxygens (including phenoxy) is 2. The number of alkyl halides is 2. The Kier molecular flexibility index (Phi) is 5.70. The SMILES string of the molecule is CCOC(=O)Cc1c(Br)cc(C#N)cc1OC(F)F. The van der Waals surface area contributed by atoms with Gasteiger partial charge < -0.3 is 9.47 Å². The Bertz CT molecular complexity index is 514. The summed E-state index contributed by atoms with van der Waals surface area (Å²) in [5.74, 6) is -0.777. The fourth-order valence-electron chi connectivity index (χ4n) is 1.40. The van der Waals surface area contributed by atoms with Crippen LogP contribution < -0.4 is 4.74 Å². The average Bonchev–Trinajstić information content (AvgIpc) is 2.32. The highest BCUT2D eigenvalue weighted by molar-refractivity contribution is 9.10. The molecular weight excluding hydrogens is 324 g/mol. The number of halogens is 3. The van der Waals surface area contributed by atoms with Crippen molar-refractivity contribution in [2.75, 3.05) is 6.61 Å². The van der Waals surface area contributed by atoms with E-state index in [-0.39, 0.29) is 29.9 Å². The average molecular weight is 334 g/mol. The molecule has 1 aromatic rings. The van der Waals surface area contributed by atoms with Crippen molar-refractivity contribution in [1.29, 1.82) is 5.26 Å². The topological polar surface area (TPSA) is 59.3 Å². The molecule has 0 N–H and O–H groups in total. The molecule has 0 saturated carbocycles. The summed E-state index contributed by atoms with van der Waals surface area (Å²) in [6, 6.07) is 4.40. The van der Waals surface area contributed by atoms with Gasteiger partial charge in [-0.25, -0.2) is 0 Å². The molecule has 4 nitrogen and oxygen atoms in total. The summed E-state index contributed by atoms with van der Waals surface area (Å²) >= 11 is 3.12. The van der Waals surface area contributed by atoms with Crippen molar-refractivity contribution in [2.45, 2.75) is 20.0 Å². The molecule has 0 amide bonds. The zero-order valence-electron chi connectivity index (χ0n) is 9.95. The van der Waals surface area contributed by atoms with Crippen LogP contribution >= 0.6 is 15.9 Å². The predicted molar refractivity (Wildman–Crippen MR) is 65.8 cm³/mol. The summed E-state index contributed by atoms with van der Waals surface area (Å²) in [5, 5.41) is 8.77. The zero-order chi connectivity index (χ0) is 14.4. The number of benzene rings is 1. The first-order valence-corrected chi connectivity index (χ1v) is 6.10. The molecule has 7 heteroatoms. The quantitative estimate of drug-likeness (QED) is 0.777. The van der Waals surface area contributed by atoms with Gasteiger partial charge in [0, 0.05) is 10.0 Å². The van der Waals surface area contributed by atoms with Crippen LogP contribution in [0, 0.1) is 11.3 Å². The highest BCUT2D eigenvalue weighted by Crippen LogP contribution is 2.30. The van der Waals surface area contributed by atoms with Gasteiger partial charge in [0.15, 0.2) is 0 Å². The van der Waals surface area contributed by atoms with E-state index in [0.717, 1.165) is 6.07 Å². The highest BCUT2D eigenvalue weighted by Gasteiger charge is 2.17. The molecule has 1 aromatic carbocycles. The number of nitrogens with zero attached hydrogens (tertiary/aromatic N) is 1. The van der Waals surface area contributed by atoms with E-state index >= 15 is 0 Å². The second kappa shape index (κ2) is 7.04. The maximum absolute atomic E-state index is 12.3. The smallest absolute Gasteiger partial charge is 0.387 e. The zero-order valence-corrected chi connectivity index (χ0v) is 11.5. The Hall–Kier alpha value is -1.68. The van der Waals surface area contributed by atoms with E-state index in [1.807, 2.05) is 6.07 Å². The van der Waals surface area contributed by atoms with Crippen LogP contribution in [0.3, 0.4) is 0 Å². The monoisotopic (exact) mass is 333 g/mol. The first-order valence-electron chi connectivity index (χ1n) is 5.30. The third-order valence-corrected chi connectivity index (χ3v) is 2.83. The Morgan fingerprint density at radius 2 is 2.21 bits per heavy atom. The Morgan fingerprint density at radius 1 is 1.53 bits per heavy atom. The summed E-state index contributed by atoms with van der Waals surface area (Å²) in [6.45, 7) is -1.21. The van der Waals surface area contributed by atoms with Crippen molar-refractivity contribution in [1.82, 2.24) is 0 Å². The highest BCUT2D eigenvalue weighted by atomic mass is 79.9. The van der Waals surface area contributed by atoms with Crippen LogP contribution in [0.1, 0.15) is 18.1 Å². The normalized spacial score (nSPS) is 10.1. The molecule has 0 aliphatic carbocycles. The maximum Gasteiger partial charge on any atom is 0.387 e. The van der Waals surface area contributed by atoms with Gasteiger partial charge in [-0.3, -0.25) is 4.79 Å². The first kappa shape index (κ1) is 15.4. The minimum Gasteiger partial charge on any atom is -0.466 e. The summed E-state index contributed by atoms with van der Waals surface area (Å²) in [5.41, 5.74) is 0.368. The summed E-state index contributed by atoms with van der Waals surface area (Å²) in [7, 11) is 0. The molecule has 0 spiro atoms.